The Hall–Kier alpha value is -3.57. The van der Waals surface area contributed by atoms with Gasteiger partial charge in [0.15, 0.2) is 0 Å². The summed E-state index contributed by atoms with van der Waals surface area (Å²) in [5, 5.41) is 7.99. The van der Waals surface area contributed by atoms with Crippen molar-refractivity contribution in [2.45, 2.75) is 20.3 Å². The number of hydrogen-bond acceptors (Lipinski definition) is 2. The number of nitrogens with one attached hydrogen (secondary N) is 3. The number of carbonyl (C=O) groups is 1. The summed E-state index contributed by atoms with van der Waals surface area (Å²) in [6.45, 7) is 4.58. The highest BCUT2D eigenvalue weighted by Crippen LogP contribution is 2.19. The Balaban J connectivity index is 1.54. The predicted octanol–water partition coefficient (Wildman–Crippen LogP) is 5.88. The summed E-state index contributed by atoms with van der Waals surface area (Å²) in [6, 6.07) is 21.1. The number of aryl methyl sites for hydroxylation is 2. The van der Waals surface area contributed by atoms with E-state index in [-0.39, 0.29) is 5.91 Å². The standard InChI is InChI=1S/C26H25ClN4O/c1-17-7-8-18(2)24(15-17)30-26(31-25(32)19-9-11-21(27)12-10-19)28-14-13-20-16-29-23-6-4-3-5-22(20)23/h3-12,15-16,29H,13-14H2,1-2H3,(H2,28,30,31,32). The zero-order chi connectivity index (χ0) is 22.5. The van der Waals surface area contributed by atoms with Crippen molar-refractivity contribution in [1.82, 2.24) is 10.3 Å². The molecule has 0 aliphatic carbocycles. The van der Waals surface area contributed by atoms with Crippen molar-refractivity contribution < 1.29 is 4.79 Å². The van der Waals surface area contributed by atoms with E-state index in [2.05, 4.69) is 38.8 Å². The van der Waals surface area contributed by atoms with Crippen LogP contribution >= 0.6 is 11.6 Å². The molecule has 0 fully saturated rings. The molecule has 4 aromatic rings. The summed E-state index contributed by atoms with van der Waals surface area (Å²) >= 11 is 5.95. The Kier molecular flexibility index (Phi) is 6.57. The van der Waals surface area contributed by atoms with Gasteiger partial charge in [0.1, 0.15) is 0 Å². The number of carbonyl (C=O) groups excluding carboxylic acids is 1. The van der Waals surface area contributed by atoms with Gasteiger partial charge in [-0.1, -0.05) is 41.9 Å². The van der Waals surface area contributed by atoms with E-state index in [0.29, 0.717) is 23.1 Å². The lowest BCUT2D eigenvalue weighted by Crippen LogP contribution is -2.36. The van der Waals surface area contributed by atoms with Gasteiger partial charge in [0.2, 0.25) is 5.96 Å². The minimum atomic E-state index is -0.245. The van der Waals surface area contributed by atoms with E-state index in [1.54, 1.807) is 24.3 Å². The largest absolute Gasteiger partial charge is 0.361 e. The molecule has 32 heavy (non-hydrogen) atoms. The third kappa shape index (κ3) is 5.18. The molecule has 5 nitrogen and oxygen atoms in total. The van der Waals surface area contributed by atoms with Gasteiger partial charge < -0.3 is 10.3 Å². The summed E-state index contributed by atoms with van der Waals surface area (Å²) in [6.07, 6.45) is 2.77. The van der Waals surface area contributed by atoms with Crippen LogP contribution in [-0.2, 0) is 6.42 Å². The highest BCUT2D eigenvalue weighted by Gasteiger charge is 2.11. The van der Waals surface area contributed by atoms with E-state index >= 15 is 0 Å². The van der Waals surface area contributed by atoms with Crippen LogP contribution in [-0.4, -0.2) is 23.4 Å². The molecule has 3 N–H and O–H groups in total. The first kappa shape index (κ1) is 21.7. The molecule has 0 bridgehead atoms. The number of aromatic amines is 1. The van der Waals surface area contributed by atoms with Crippen LogP contribution in [0.15, 0.2) is 77.9 Å². The zero-order valence-corrected chi connectivity index (χ0v) is 18.8. The molecule has 0 saturated heterocycles. The molecule has 1 heterocycles. The van der Waals surface area contributed by atoms with E-state index in [9.17, 15) is 4.79 Å². The number of amides is 1. The van der Waals surface area contributed by atoms with Crippen LogP contribution in [0.4, 0.5) is 5.69 Å². The van der Waals surface area contributed by atoms with Gasteiger partial charge >= 0.3 is 0 Å². The molecule has 6 heteroatoms. The number of guanidine groups is 1. The highest BCUT2D eigenvalue weighted by molar-refractivity contribution is 6.30. The van der Waals surface area contributed by atoms with Crippen LogP contribution in [0.1, 0.15) is 27.0 Å². The molecule has 162 valence electrons. The number of H-pyrrole nitrogens is 1. The van der Waals surface area contributed by atoms with Gasteiger partial charge in [0.05, 0.1) is 0 Å². The Morgan fingerprint density at radius 1 is 1.03 bits per heavy atom. The van der Waals surface area contributed by atoms with E-state index in [0.717, 1.165) is 28.8 Å². The van der Waals surface area contributed by atoms with Crippen LogP contribution < -0.4 is 10.6 Å². The summed E-state index contributed by atoms with van der Waals surface area (Å²) in [4.78, 5) is 20.8. The fourth-order valence-electron chi connectivity index (χ4n) is 3.52. The normalized spacial score (nSPS) is 11.5. The monoisotopic (exact) mass is 444 g/mol. The van der Waals surface area contributed by atoms with Crippen LogP contribution in [0, 0.1) is 13.8 Å². The summed E-state index contributed by atoms with van der Waals surface area (Å²) in [5.74, 6) is 0.170. The molecule has 0 saturated carbocycles. The number of fused-ring (bicyclic) bond motifs is 1. The third-order valence-corrected chi connectivity index (χ3v) is 5.56. The van der Waals surface area contributed by atoms with Crippen molar-refractivity contribution in [1.29, 1.82) is 0 Å². The summed E-state index contributed by atoms with van der Waals surface area (Å²) < 4.78 is 0. The topological polar surface area (TPSA) is 69.3 Å². The molecule has 0 spiro atoms. The Morgan fingerprint density at radius 3 is 2.62 bits per heavy atom. The van der Waals surface area contributed by atoms with E-state index in [4.69, 9.17) is 11.6 Å². The second-order valence-corrected chi connectivity index (χ2v) is 8.18. The SMILES string of the molecule is Cc1ccc(C)c(NC(=NCCc2c[nH]c3ccccc23)NC(=O)c2ccc(Cl)cc2)c1. The highest BCUT2D eigenvalue weighted by atomic mass is 35.5. The predicted molar refractivity (Wildman–Crippen MR) is 133 cm³/mol. The molecule has 3 aromatic carbocycles. The average molecular weight is 445 g/mol. The molecule has 0 aliphatic heterocycles. The number of aliphatic imine (C=N–C) groups is 1. The van der Waals surface area contributed by atoms with Crippen molar-refractivity contribution in [2.75, 3.05) is 11.9 Å². The molecule has 1 amide bonds. The lowest BCUT2D eigenvalue weighted by Gasteiger charge is -2.14. The first-order chi connectivity index (χ1) is 15.5. The van der Waals surface area contributed by atoms with Gasteiger partial charge in [-0.15, -0.1) is 0 Å². The molecular weight excluding hydrogens is 420 g/mol. The van der Waals surface area contributed by atoms with Gasteiger partial charge in [0.25, 0.3) is 5.91 Å². The Labute approximate surface area is 192 Å². The minimum Gasteiger partial charge on any atom is -0.361 e. The number of halogens is 1. The van der Waals surface area contributed by atoms with Crippen LogP contribution in [0.3, 0.4) is 0 Å². The number of anilines is 1. The van der Waals surface area contributed by atoms with Crippen LogP contribution in [0.5, 0.6) is 0 Å². The van der Waals surface area contributed by atoms with Crippen molar-refractivity contribution in [3.05, 3.63) is 100 Å². The number of benzene rings is 3. The van der Waals surface area contributed by atoms with Gasteiger partial charge in [0, 0.05) is 39.9 Å². The maximum Gasteiger partial charge on any atom is 0.257 e. The lowest BCUT2D eigenvalue weighted by molar-refractivity contribution is 0.0977. The van der Waals surface area contributed by atoms with E-state index in [1.165, 1.54) is 10.9 Å². The van der Waals surface area contributed by atoms with E-state index < -0.39 is 0 Å². The maximum absolute atomic E-state index is 12.8. The molecular formula is C26H25ClN4O. The van der Waals surface area contributed by atoms with Crippen molar-refractivity contribution >= 4 is 40.1 Å². The number of hydrogen-bond donors (Lipinski definition) is 3. The maximum atomic E-state index is 12.8. The Morgan fingerprint density at radius 2 is 1.81 bits per heavy atom. The molecule has 0 atom stereocenters. The molecule has 4 rings (SSSR count). The fraction of sp³-hybridized carbons (Fsp3) is 0.154. The number of rotatable bonds is 5. The van der Waals surface area contributed by atoms with E-state index in [1.807, 2.05) is 44.3 Å². The van der Waals surface area contributed by atoms with Gasteiger partial charge in [-0.3, -0.25) is 15.1 Å². The van der Waals surface area contributed by atoms with Gasteiger partial charge in [-0.2, -0.15) is 0 Å². The fourth-order valence-corrected chi connectivity index (χ4v) is 3.64. The minimum absolute atomic E-state index is 0.245. The van der Waals surface area contributed by atoms with Gasteiger partial charge in [-0.25, -0.2) is 0 Å². The average Bonchev–Trinajstić information content (AvgIpc) is 3.20. The first-order valence-corrected chi connectivity index (χ1v) is 10.9. The lowest BCUT2D eigenvalue weighted by atomic mass is 10.1. The number of para-hydroxylation sites is 1. The second kappa shape index (κ2) is 9.71. The third-order valence-electron chi connectivity index (χ3n) is 5.31. The van der Waals surface area contributed by atoms with Crippen molar-refractivity contribution in [3.8, 4) is 0 Å². The summed E-state index contributed by atoms with van der Waals surface area (Å²) in [5.41, 5.74) is 5.92. The van der Waals surface area contributed by atoms with Crippen molar-refractivity contribution in [2.24, 2.45) is 4.99 Å². The second-order valence-electron chi connectivity index (χ2n) is 7.74. The van der Waals surface area contributed by atoms with Crippen LogP contribution in [0.2, 0.25) is 5.02 Å². The number of aromatic nitrogens is 1. The molecule has 1 aromatic heterocycles. The Bertz CT molecular complexity index is 1270. The van der Waals surface area contributed by atoms with Gasteiger partial charge in [-0.05, 0) is 73.4 Å². The molecule has 0 radical (unpaired) electrons. The van der Waals surface area contributed by atoms with Crippen LogP contribution in [0.25, 0.3) is 10.9 Å². The first-order valence-electron chi connectivity index (χ1n) is 10.5. The number of nitrogens with zero attached hydrogens (tertiary/aromatic N) is 1. The summed E-state index contributed by atoms with van der Waals surface area (Å²) in [7, 11) is 0. The molecule has 0 unspecified atom stereocenters. The molecule has 0 aliphatic rings. The quantitative estimate of drug-likeness (QED) is 0.266. The smallest absolute Gasteiger partial charge is 0.257 e. The van der Waals surface area contributed by atoms with Crippen molar-refractivity contribution in [3.63, 3.8) is 0 Å². The zero-order valence-electron chi connectivity index (χ0n) is 18.1.